The quantitative estimate of drug-likeness (QED) is 0.846. The lowest BCUT2D eigenvalue weighted by Crippen LogP contribution is -2.53. The van der Waals surface area contributed by atoms with E-state index in [4.69, 9.17) is 4.52 Å². The molecule has 0 radical (unpaired) electrons. The van der Waals surface area contributed by atoms with Crippen LogP contribution in [0.3, 0.4) is 0 Å². The Hall–Kier alpha value is -1.77. The second-order valence-electron chi connectivity index (χ2n) is 6.02. The van der Waals surface area contributed by atoms with Crippen molar-refractivity contribution in [2.24, 2.45) is 0 Å². The monoisotopic (exact) mass is 349 g/mol. The third-order valence-electron chi connectivity index (χ3n) is 4.28. The predicted octanol–water partition coefficient (Wildman–Crippen LogP) is 1.26. The molecule has 130 valence electrons. The summed E-state index contributed by atoms with van der Waals surface area (Å²) in [4.78, 5) is 22.2. The molecule has 0 saturated carbocycles. The number of piperazine rings is 1. The van der Waals surface area contributed by atoms with Crippen LogP contribution < -0.4 is 5.32 Å². The van der Waals surface area contributed by atoms with Crippen LogP contribution in [0.2, 0.25) is 0 Å². The van der Waals surface area contributed by atoms with Crippen LogP contribution in [-0.4, -0.2) is 58.1 Å². The van der Waals surface area contributed by atoms with Gasteiger partial charge in [0.1, 0.15) is 0 Å². The number of aryl methyl sites for hydroxylation is 1. The number of hydrogen-bond donors (Lipinski definition) is 1. The van der Waals surface area contributed by atoms with Crippen LogP contribution in [0.4, 0.5) is 0 Å². The second kappa shape index (κ2) is 7.87. The van der Waals surface area contributed by atoms with Crippen LogP contribution in [0.15, 0.2) is 22.0 Å². The number of thiophene rings is 1. The third kappa shape index (κ3) is 4.40. The van der Waals surface area contributed by atoms with Crippen molar-refractivity contribution in [2.45, 2.75) is 33.0 Å². The average Bonchev–Trinajstić information content (AvgIpc) is 3.24. The van der Waals surface area contributed by atoms with Gasteiger partial charge in [-0.1, -0.05) is 11.2 Å². The first kappa shape index (κ1) is 17.1. The molecule has 1 saturated heterocycles. The summed E-state index contributed by atoms with van der Waals surface area (Å²) >= 11 is 1.66. The van der Waals surface area contributed by atoms with Gasteiger partial charge in [-0.2, -0.15) is 4.98 Å². The third-order valence-corrected chi connectivity index (χ3v) is 5.16. The number of carbonyl (C=O) groups is 1. The molecule has 3 heterocycles. The number of carbonyl (C=O) groups excluding carboxylic acids is 1. The molecule has 2 aromatic rings. The molecule has 1 atom stereocenters. The maximum Gasteiger partial charge on any atom is 0.240 e. The van der Waals surface area contributed by atoms with Gasteiger partial charge in [-0.15, -0.1) is 11.3 Å². The summed E-state index contributed by atoms with van der Waals surface area (Å²) < 4.78 is 5.17. The Morgan fingerprint density at radius 1 is 1.42 bits per heavy atom. The zero-order valence-electron chi connectivity index (χ0n) is 14.1. The fourth-order valence-electron chi connectivity index (χ4n) is 2.81. The van der Waals surface area contributed by atoms with E-state index < -0.39 is 0 Å². The fourth-order valence-corrected chi connectivity index (χ4v) is 3.45. The van der Waals surface area contributed by atoms with E-state index in [-0.39, 0.29) is 11.9 Å². The van der Waals surface area contributed by atoms with Crippen molar-refractivity contribution in [2.75, 3.05) is 26.2 Å². The molecule has 0 aliphatic carbocycles. The van der Waals surface area contributed by atoms with Gasteiger partial charge in [0.15, 0.2) is 5.82 Å². The van der Waals surface area contributed by atoms with Gasteiger partial charge in [0.05, 0.1) is 19.1 Å². The summed E-state index contributed by atoms with van der Waals surface area (Å²) in [5, 5.41) is 8.86. The molecule has 1 amide bonds. The summed E-state index contributed by atoms with van der Waals surface area (Å²) in [7, 11) is 0. The van der Waals surface area contributed by atoms with Crippen molar-refractivity contribution >= 4 is 17.2 Å². The minimum absolute atomic E-state index is 0.0874. The Balaban J connectivity index is 1.42. The largest absolute Gasteiger partial charge is 0.350 e. The van der Waals surface area contributed by atoms with Crippen LogP contribution in [0.5, 0.6) is 0 Å². The maximum atomic E-state index is 12.3. The van der Waals surface area contributed by atoms with E-state index >= 15 is 0 Å². The highest BCUT2D eigenvalue weighted by Crippen LogP contribution is 2.11. The molecule has 1 aliphatic rings. The Kier molecular flexibility index (Phi) is 5.60. The molecule has 0 spiro atoms. The average molecular weight is 349 g/mol. The highest BCUT2D eigenvalue weighted by molar-refractivity contribution is 7.09. The van der Waals surface area contributed by atoms with E-state index in [1.165, 1.54) is 4.88 Å². The number of nitrogens with one attached hydrogen (secondary N) is 1. The molecular weight excluding hydrogens is 326 g/mol. The molecule has 7 nitrogen and oxygen atoms in total. The lowest BCUT2D eigenvalue weighted by atomic mass is 10.2. The normalized spacial score (nSPS) is 17.8. The summed E-state index contributed by atoms with van der Waals surface area (Å²) in [5.41, 5.74) is 0. The summed E-state index contributed by atoms with van der Waals surface area (Å²) in [6, 6.07) is 3.92. The SMILES string of the molecule is Cc1noc(CN2CCN([C@@H](C)C(=O)NCc3cccs3)CC2)n1. The molecule has 8 heteroatoms. The molecular formula is C16H23N5O2S. The molecule has 1 fully saturated rings. The molecule has 1 aliphatic heterocycles. The van der Waals surface area contributed by atoms with E-state index in [0.717, 1.165) is 26.2 Å². The van der Waals surface area contributed by atoms with Gasteiger partial charge < -0.3 is 9.84 Å². The van der Waals surface area contributed by atoms with Crippen LogP contribution in [0.25, 0.3) is 0 Å². The molecule has 24 heavy (non-hydrogen) atoms. The number of nitrogens with zero attached hydrogens (tertiary/aromatic N) is 4. The molecule has 0 bridgehead atoms. The zero-order chi connectivity index (χ0) is 16.9. The Labute approximate surface area is 145 Å². The molecule has 0 aromatic carbocycles. The van der Waals surface area contributed by atoms with Crippen molar-refractivity contribution < 1.29 is 9.32 Å². The molecule has 0 unspecified atom stereocenters. The Bertz CT molecular complexity index is 649. The first-order chi connectivity index (χ1) is 11.6. The van der Waals surface area contributed by atoms with Crippen molar-refractivity contribution in [3.63, 3.8) is 0 Å². The van der Waals surface area contributed by atoms with Gasteiger partial charge in [-0.3, -0.25) is 14.6 Å². The van der Waals surface area contributed by atoms with E-state index in [1.54, 1.807) is 11.3 Å². The van der Waals surface area contributed by atoms with E-state index in [1.807, 2.05) is 31.4 Å². The number of rotatable bonds is 6. The standard InChI is InChI=1S/C16H23N5O2S/c1-12(16(22)17-10-14-4-3-9-24-14)21-7-5-20(6-8-21)11-15-18-13(2)19-23-15/h3-4,9,12H,5-8,10-11H2,1-2H3,(H,17,22)/t12-/m0/s1. The van der Waals surface area contributed by atoms with E-state index in [2.05, 4.69) is 25.3 Å². The van der Waals surface area contributed by atoms with Gasteiger partial charge in [-0.25, -0.2) is 0 Å². The number of hydrogen-bond acceptors (Lipinski definition) is 7. The second-order valence-corrected chi connectivity index (χ2v) is 7.05. The minimum Gasteiger partial charge on any atom is -0.350 e. The first-order valence-corrected chi connectivity index (χ1v) is 9.05. The van der Waals surface area contributed by atoms with Crippen LogP contribution in [-0.2, 0) is 17.9 Å². The highest BCUT2D eigenvalue weighted by Gasteiger charge is 2.26. The topological polar surface area (TPSA) is 74.5 Å². The van der Waals surface area contributed by atoms with Gasteiger partial charge in [-0.05, 0) is 25.3 Å². The predicted molar refractivity (Wildman–Crippen MR) is 91.5 cm³/mol. The van der Waals surface area contributed by atoms with Crippen molar-refractivity contribution in [3.8, 4) is 0 Å². The van der Waals surface area contributed by atoms with Crippen molar-refractivity contribution in [1.29, 1.82) is 0 Å². The van der Waals surface area contributed by atoms with Gasteiger partial charge >= 0.3 is 0 Å². The number of aromatic nitrogens is 2. The Morgan fingerprint density at radius 2 is 2.21 bits per heavy atom. The number of amides is 1. The van der Waals surface area contributed by atoms with Gasteiger partial charge in [0, 0.05) is 31.1 Å². The van der Waals surface area contributed by atoms with Crippen molar-refractivity contribution in [1.82, 2.24) is 25.3 Å². The van der Waals surface area contributed by atoms with E-state index in [0.29, 0.717) is 24.8 Å². The molecule has 1 N–H and O–H groups in total. The van der Waals surface area contributed by atoms with Crippen LogP contribution >= 0.6 is 11.3 Å². The smallest absolute Gasteiger partial charge is 0.240 e. The van der Waals surface area contributed by atoms with Crippen LogP contribution in [0.1, 0.15) is 23.5 Å². The fraction of sp³-hybridized carbons (Fsp3) is 0.562. The summed E-state index contributed by atoms with van der Waals surface area (Å²) in [6.45, 7) is 8.59. The van der Waals surface area contributed by atoms with Gasteiger partial charge in [0.2, 0.25) is 11.8 Å². The van der Waals surface area contributed by atoms with E-state index in [9.17, 15) is 4.79 Å². The van der Waals surface area contributed by atoms with Crippen LogP contribution in [0, 0.1) is 6.92 Å². The summed E-state index contributed by atoms with van der Waals surface area (Å²) in [5.74, 6) is 1.41. The molecule has 3 rings (SSSR count). The highest BCUT2D eigenvalue weighted by atomic mass is 32.1. The van der Waals surface area contributed by atoms with Gasteiger partial charge in [0.25, 0.3) is 0 Å². The first-order valence-electron chi connectivity index (χ1n) is 8.17. The Morgan fingerprint density at radius 3 is 2.83 bits per heavy atom. The lowest BCUT2D eigenvalue weighted by Gasteiger charge is -2.36. The van der Waals surface area contributed by atoms with Crippen molar-refractivity contribution in [3.05, 3.63) is 34.1 Å². The lowest BCUT2D eigenvalue weighted by molar-refractivity contribution is -0.126. The maximum absolute atomic E-state index is 12.3. The molecule has 2 aromatic heterocycles. The minimum atomic E-state index is -0.113. The summed E-state index contributed by atoms with van der Waals surface area (Å²) in [6.07, 6.45) is 0. The zero-order valence-corrected chi connectivity index (χ0v) is 14.9.